The van der Waals surface area contributed by atoms with Crippen LogP contribution in [0.3, 0.4) is 0 Å². The third-order valence-corrected chi connectivity index (χ3v) is 7.67. The van der Waals surface area contributed by atoms with E-state index in [0.717, 1.165) is 71.3 Å². The number of nitrogens with zero attached hydrogens (tertiary/aromatic N) is 2. The van der Waals surface area contributed by atoms with Crippen molar-refractivity contribution in [2.75, 3.05) is 26.2 Å². The monoisotopic (exact) mass is 382 g/mol. The number of carbonyl (C=O) groups is 1. The molecule has 28 heavy (non-hydrogen) atoms. The van der Waals surface area contributed by atoms with Gasteiger partial charge in [0.05, 0.1) is 6.10 Å². The van der Waals surface area contributed by atoms with Gasteiger partial charge in [-0.05, 0) is 81.0 Å². The molecule has 0 unspecified atom stereocenters. The number of rotatable bonds is 4. The lowest BCUT2D eigenvalue weighted by Gasteiger charge is -2.39. The van der Waals surface area contributed by atoms with E-state index in [0.29, 0.717) is 5.91 Å². The van der Waals surface area contributed by atoms with Gasteiger partial charge in [0, 0.05) is 38.2 Å². The van der Waals surface area contributed by atoms with E-state index in [1.54, 1.807) is 11.1 Å². The number of amides is 1. The standard InChI is InChI=1S/C24H34N2O2/c27-23-9-11-24(26(23)18-22-6-2-15-28-22)10-3-13-25(14-12-24)17-19-7-8-20-4-1-5-21(20)16-19/h7-8,16,22H,1-6,9-15,17-18H2/t22-,24-/m0/s1. The van der Waals surface area contributed by atoms with Crippen LogP contribution in [0, 0.1) is 0 Å². The minimum atomic E-state index is 0.0930. The minimum Gasteiger partial charge on any atom is -0.376 e. The van der Waals surface area contributed by atoms with Crippen molar-refractivity contribution >= 4 is 5.91 Å². The Bertz CT molecular complexity index is 727. The molecule has 3 fully saturated rings. The molecular formula is C24H34N2O2. The van der Waals surface area contributed by atoms with Gasteiger partial charge in [0.1, 0.15) is 0 Å². The van der Waals surface area contributed by atoms with E-state index in [2.05, 4.69) is 28.0 Å². The molecule has 0 N–H and O–H groups in total. The molecule has 1 amide bonds. The van der Waals surface area contributed by atoms with Gasteiger partial charge in [-0.15, -0.1) is 0 Å². The molecule has 0 saturated carbocycles. The van der Waals surface area contributed by atoms with Crippen LogP contribution in [0.15, 0.2) is 18.2 Å². The van der Waals surface area contributed by atoms with Crippen molar-refractivity contribution in [2.24, 2.45) is 0 Å². The summed E-state index contributed by atoms with van der Waals surface area (Å²) in [4.78, 5) is 17.5. The van der Waals surface area contributed by atoms with Crippen molar-refractivity contribution in [3.63, 3.8) is 0 Å². The average molecular weight is 383 g/mol. The predicted octanol–water partition coefficient (Wildman–Crippen LogP) is 3.70. The summed E-state index contributed by atoms with van der Waals surface area (Å²) in [5.74, 6) is 0.363. The zero-order chi connectivity index (χ0) is 19.0. The quantitative estimate of drug-likeness (QED) is 0.796. The highest BCUT2D eigenvalue weighted by Crippen LogP contribution is 2.40. The fourth-order valence-corrected chi connectivity index (χ4v) is 6.06. The summed E-state index contributed by atoms with van der Waals surface area (Å²) < 4.78 is 5.86. The first-order valence-electron chi connectivity index (χ1n) is 11.5. The molecule has 4 aliphatic rings. The number of fused-ring (bicyclic) bond motifs is 1. The Balaban J connectivity index is 1.24. The Morgan fingerprint density at radius 3 is 2.82 bits per heavy atom. The number of hydrogen-bond donors (Lipinski definition) is 0. The molecule has 1 aliphatic carbocycles. The van der Waals surface area contributed by atoms with Crippen LogP contribution in [0.1, 0.15) is 68.1 Å². The van der Waals surface area contributed by atoms with Gasteiger partial charge >= 0.3 is 0 Å². The highest BCUT2D eigenvalue weighted by atomic mass is 16.5. The first-order valence-corrected chi connectivity index (χ1v) is 11.5. The molecule has 0 radical (unpaired) electrons. The summed E-state index contributed by atoms with van der Waals surface area (Å²) in [6.07, 6.45) is 11.6. The van der Waals surface area contributed by atoms with Crippen molar-refractivity contribution in [2.45, 2.75) is 82.4 Å². The van der Waals surface area contributed by atoms with E-state index in [1.807, 2.05) is 0 Å². The molecule has 1 aromatic carbocycles. The van der Waals surface area contributed by atoms with E-state index in [9.17, 15) is 4.79 Å². The SMILES string of the molecule is O=C1CC[C@]2(CCCN(Cc3ccc4c(c3)CCC4)CC2)N1C[C@@H]1CCCO1. The molecule has 5 rings (SSSR count). The molecule has 1 spiro atoms. The van der Waals surface area contributed by atoms with Crippen molar-refractivity contribution in [1.82, 2.24) is 9.80 Å². The second-order valence-electron chi connectivity index (χ2n) is 9.45. The number of likely N-dealkylation sites (tertiary alicyclic amines) is 2. The second kappa shape index (κ2) is 7.79. The highest BCUT2D eigenvalue weighted by molar-refractivity contribution is 5.79. The van der Waals surface area contributed by atoms with Crippen LogP contribution >= 0.6 is 0 Å². The van der Waals surface area contributed by atoms with Gasteiger partial charge in [0.25, 0.3) is 0 Å². The number of carbonyl (C=O) groups excluding carboxylic acids is 1. The normalized spacial score (nSPS) is 30.9. The number of benzene rings is 1. The van der Waals surface area contributed by atoms with Gasteiger partial charge in [-0.25, -0.2) is 0 Å². The largest absolute Gasteiger partial charge is 0.376 e. The average Bonchev–Trinajstić information content (AvgIpc) is 3.40. The predicted molar refractivity (Wildman–Crippen MR) is 110 cm³/mol. The molecule has 2 atom stereocenters. The lowest BCUT2D eigenvalue weighted by molar-refractivity contribution is -0.133. The van der Waals surface area contributed by atoms with Crippen molar-refractivity contribution in [3.05, 3.63) is 34.9 Å². The summed E-state index contributed by atoms with van der Waals surface area (Å²) in [6.45, 7) is 5.01. The maximum atomic E-state index is 12.7. The van der Waals surface area contributed by atoms with Crippen molar-refractivity contribution in [3.8, 4) is 0 Å². The molecule has 3 aliphatic heterocycles. The lowest BCUT2D eigenvalue weighted by Crippen LogP contribution is -2.49. The fraction of sp³-hybridized carbons (Fsp3) is 0.708. The maximum absolute atomic E-state index is 12.7. The minimum absolute atomic E-state index is 0.0930. The van der Waals surface area contributed by atoms with Crippen LogP contribution in [0.2, 0.25) is 0 Å². The molecule has 4 nitrogen and oxygen atoms in total. The molecule has 3 saturated heterocycles. The molecule has 1 aromatic rings. The van der Waals surface area contributed by atoms with Gasteiger partial charge < -0.3 is 9.64 Å². The first kappa shape index (κ1) is 18.6. The Morgan fingerprint density at radius 2 is 1.93 bits per heavy atom. The molecule has 0 aromatic heterocycles. The second-order valence-corrected chi connectivity index (χ2v) is 9.45. The number of aryl methyl sites for hydroxylation is 2. The number of ether oxygens (including phenoxy) is 1. The summed E-state index contributed by atoms with van der Waals surface area (Å²) in [5, 5.41) is 0. The zero-order valence-electron chi connectivity index (χ0n) is 17.1. The summed E-state index contributed by atoms with van der Waals surface area (Å²) in [7, 11) is 0. The highest BCUT2D eigenvalue weighted by Gasteiger charge is 2.46. The lowest BCUT2D eigenvalue weighted by atomic mass is 9.87. The van der Waals surface area contributed by atoms with Gasteiger partial charge in [0.15, 0.2) is 0 Å². The van der Waals surface area contributed by atoms with Gasteiger partial charge in [-0.2, -0.15) is 0 Å². The van der Waals surface area contributed by atoms with Gasteiger partial charge in [-0.1, -0.05) is 18.2 Å². The maximum Gasteiger partial charge on any atom is 0.223 e. The summed E-state index contributed by atoms with van der Waals surface area (Å²) in [6, 6.07) is 7.15. The molecule has 4 heteroatoms. The Labute approximate surface area is 169 Å². The molecule has 0 bridgehead atoms. The Kier molecular flexibility index (Phi) is 5.18. The van der Waals surface area contributed by atoms with E-state index in [-0.39, 0.29) is 11.6 Å². The summed E-state index contributed by atoms with van der Waals surface area (Å²) in [5.41, 5.74) is 4.70. The van der Waals surface area contributed by atoms with Crippen LogP contribution in [-0.4, -0.2) is 53.6 Å². The zero-order valence-corrected chi connectivity index (χ0v) is 17.1. The van der Waals surface area contributed by atoms with Crippen molar-refractivity contribution < 1.29 is 9.53 Å². The van der Waals surface area contributed by atoms with E-state index < -0.39 is 0 Å². The third-order valence-electron chi connectivity index (χ3n) is 7.67. The third kappa shape index (κ3) is 3.61. The van der Waals surface area contributed by atoms with E-state index in [4.69, 9.17) is 4.74 Å². The Hall–Kier alpha value is -1.39. The smallest absolute Gasteiger partial charge is 0.223 e. The fourth-order valence-electron chi connectivity index (χ4n) is 6.06. The van der Waals surface area contributed by atoms with Crippen LogP contribution in [0.4, 0.5) is 0 Å². The van der Waals surface area contributed by atoms with Crippen LogP contribution < -0.4 is 0 Å². The van der Waals surface area contributed by atoms with Crippen LogP contribution in [0.25, 0.3) is 0 Å². The van der Waals surface area contributed by atoms with E-state index in [1.165, 1.54) is 31.2 Å². The molecular weight excluding hydrogens is 348 g/mol. The van der Waals surface area contributed by atoms with Crippen LogP contribution in [0.5, 0.6) is 0 Å². The van der Waals surface area contributed by atoms with Gasteiger partial charge in [0.2, 0.25) is 5.91 Å². The van der Waals surface area contributed by atoms with E-state index >= 15 is 0 Å². The van der Waals surface area contributed by atoms with Crippen molar-refractivity contribution in [1.29, 1.82) is 0 Å². The Morgan fingerprint density at radius 1 is 1.00 bits per heavy atom. The molecule has 3 heterocycles. The molecule has 152 valence electrons. The summed E-state index contributed by atoms with van der Waals surface area (Å²) >= 11 is 0. The number of hydrogen-bond acceptors (Lipinski definition) is 3. The first-order chi connectivity index (χ1) is 13.7. The van der Waals surface area contributed by atoms with Gasteiger partial charge in [-0.3, -0.25) is 9.69 Å². The van der Waals surface area contributed by atoms with Crippen LogP contribution in [-0.2, 0) is 28.9 Å². The topological polar surface area (TPSA) is 32.8 Å².